The molecule has 0 saturated carbocycles. The molecule has 0 radical (unpaired) electrons. The monoisotopic (exact) mass is 392 g/mol. The van der Waals surface area contributed by atoms with E-state index in [-0.39, 0.29) is 24.3 Å². The molecule has 0 aliphatic carbocycles. The smallest absolute Gasteiger partial charge is 0.242 e. The zero-order valence-electron chi connectivity index (χ0n) is 17.2. The number of methoxy groups -OCH3 is 2. The van der Waals surface area contributed by atoms with E-state index in [1.165, 1.54) is 0 Å². The van der Waals surface area contributed by atoms with Gasteiger partial charge in [-0.05, 0) is 12.3 Å². The molecule has 156 valence electrons. The maximum absolute atomic E-state index is 12.5. The van der Waals surface area contributed by atoms with Crippen molar-refractivity contribution in [3.63, 3.8) is 0 Å². The van der Waals surface area contributed by atoms with E-state index in [2.05, 4.69) is 10.2 Å². The van der Waals surface area contributed by atoms with Gasteiger partial charge in [-0.3, -0.25) is 9.59 Å². The van der Waals surface area contributed by atoms with Crippen LogP contribution >= 0.6 is 0 Å². The van der Waals surface area contributed by atoms with Crippen molar-refractivity contribution in [2.75, 3.05) is 51.8 Å². The number of anilines is 1. The number of benzene rings is 1. The van der Waals surface area contributed by atoms with Crippen LogP contribution in [-0.2, 0) is 9.59 Å². The van der Waals surface area contributed by atoms with Crippen molar-refractivity contribution in [2.45, 2.75) is 26.3 Å². The van der Waals surface area contributed by atoms with Crippen LogP contribution in [0, 0.1) is 5.92 Å². The van der Waals surface area contributed by atoms with Gasteiger partial charge in [0.15, 0.2) is 0 Å². The second kappa shape index (κ2) is 10.2. The number of nitrogens with one attached hydrogen (secondary N) is 1. The molecule has 8 heteroatoms. The molecule has 1 saturated heterocycles. The summed E-state index contributed by atoms with van der Waals surface area (Å²) in [4.78, 5) is 28.5. The van der Waals surface area contributed by atoms with Crippen molar-refractivity contribution in [3.8, 4) is 11.5 Å². The fraction of sp³-hybridized carbons (Fsp3) is 0.600. The summed E-state index contributed by atoms with van der Waals surface area (Å²) >= 11 is 0. The van der Waals surface area contributed by atoms with Gasteiger partial charge in [-0.15, -0.1) is 0 Å². The lowest BCUT2D eigenvalue weighted by molar-refractivity contribution is -0.133. The second-order valence-corrected chi connectivity index (χ2v) is 7.28. The topological polar surface area (TPSA) is 97.1 Å². The fourth-order valence-corrected chi connectivity index (χ4v) is 3.10. The SMILES string of the molecule is COc1cc(OC)cc(N2CCCN(C(=O)CNC(=O)[C@@H](N)C(C)C)CC2)c1. The molecule has 0 spiro atoms. The predicted octanol–water partition coefficient (Wildman–Crippen LogP) is 0.842. The van der Waals surface area contributed by atoms with Crippen LogP contribution in [0.4, 0.5) is 5.69 Å². The standard InChI is InChI=1S/C20H32N4O4/c1-14(2)19(21)20(26)22-13-18(25)24-7-5-6-23(8-9-24)15-10-16(27-3)12-17(11-15)28-4/h10-12,14,19H,5-9,13,21H2,1-4H3,(H,22,26)/t19-/m0/s1. The summed E-state index contributed by atoms with van der Waals surface area (Å²) in [6, 6.07) is 5.17. The average Bonchev–Trinajstić information content (AvgIpc) is 2.96. The van der Waals surface area contributed by atoms with Crippen molar-refractivity contribution in [2.24, 2.45) is 11.7 Å². The Morgan fingerprint density at radius 3 is 2.29 bits per heavy atom. The number of hydrogen-bond donors (Lipinski definition) is 2. The van der Waals surface area contributed by atoms with Gasteiger partial charge in [0.25, 0.3) is 0 Å². The number of ether oxygens (including phenoxy) is 2. The molecule has 1 heterocycles. The maximum atomic E-state index is 12.5. The molecule has 3 N–H and O–H groups in total. The minimum absolute atomic E-state index is 0.0216. The summed E-state index contributed by atoms with van der Waals surface area (Å²) < 4.78 is 10.7. The minimum Gasteiger partial charge on any atom is -0.497 e. The molecule has 1 fully saturated rings. The molecule has 0 aromatic heterocycles. The molecule has 1 atom stereocenters. The molecule has 1 aromatic rings. The van der Waals surface area contributed by atoms with Crippen LogP contribution in [0.2, 0.25) is 0 Å². The highest BCUT2D eigenvalue weighted by molar-refractivity contribution is 5.87. The predicted molar refractivity (Wildman–Crippen MR) is 109 cm³/mol. The number of carbonyl (C=O) groups is 2. The Labute approximate surface area is 166 Å². The van der Waals surface area contributed by atoms with Gasteiger partial charge in [-0.2, -0.15) is 0 Å². The lowest BCUT2D eigenvalue weighted by Crippen LogP contribution is -2.48. The summed E-state index contributed by atoms with van der Waals surface area (Å²) in [7, 11) is 3.25. The minimum atomic E-state index is -0.601. The number of rotatable bonds is 7. The van der Waals surface area contributed by atoms with E-state index < -0.39 is 6.04 Å². The van der Waals surface area contributed by atoms with Gasteiger partial charge >= 0.3 is 0 Å². The molecular weight excluding hydrogens is 360 g/mol. The Bertz CT molecular complexity index is 658. The van der Waals surface area contributed by atoms with Crippen LogP contribution in [-0.4, -0.2) is 69.7 Å². The number of amides is 2. The molecule has 0 unspecified atom stereocenters. The maximum Gasteiger partial charge on any atom is 0.242 e. The fourth-order valence-electron chi connectivity index (χ4n) is 3.10. The summed E-state index contributed by atoms with van der Waals surface area (Å²) in [5, 5.41) is 2.65. The van der Waals surface area contributed by atoms with Gasteiger partial charge in [0.05, 0.1) is 26.8 Å². The number of carbonyl (C=O) groups excluding carboxylic acids is 2. The first-order chi connectivity index (χ1) is 13.3. The highest BCUT2D eigenvalue weighted by atomic mass is 16.5. The van der Waals surface area contributed by atoms with E-state index in [4.69, 9.17) is 15.2 Å². The van der Waals surface area contributed by atoms with E-state index in [1.807, 2.05) is 32.0 Å². The van der Waals surface area contributed by atoms with E-state index in [0.717, 1.165) is 30.2 Å². The van der Waals surface area contributed by atoms with Crippen molar-refractivity contribution in [1.82, 2.24) is 10.2 Å². The molecular formula is C20H32N4O4. The van der Waals surface area contributed by atoms with Crippen LogP contribution in [0.3, 0.4) is 0 Å². The van der Waals surface area contributed by atoms with Crippen LogP contribution in [0.1, 0.15) is 20.3 Å². The second-order valence-electron chi connectivity index (χ2n) is 7.28. The molecule has 8 nitrogen and oxygen atoms in total. The largest absolute Gasteiger partial charge is 0.497 e. The van der Waals surface area contributed by atoms with Crippen LogP contribution in [0.15, 0.2) is 18.2 Å². The highest BCUT2D eigenvalue weighted by Crippen LogP contribution is 2.29. The Morgan fingerprint density at radius 1 is 1.07 bits per heavy atom. The number of nitrogens with zero attached hydrogens (tertiary/aromatic N) is 2. The Morgan fingerprint density at radius 2 is 1.71 bits per heavy atom. The van der Waals surface area contributed by atoms with Crippen LogP contribution in [0.5, 0.6) is 11.5 Å². The van der Waals surface area contributed by atoms with Crippen molar-refractivity contribution in [3.05, 3.63) is 18.2 Å². The summed E-state index contributed by atoms with van der Waals surface area (Å²) in [6.45, 7) is 6.50. The van der Waals surface area contributed by atoms with Gasteiger partial charge in [0.2, 0.25) is 11.8 Å². The molecule has 1 aliphatic heterocycles. The molecule has 2 amide bonds. The summed E-state index contributed by atoms with van der Waals surface area (Å²) in [5.41, 5.74) is 6.82. The third-order valence-corrected chi connectivity index (χ3v) is 4.98. The Kier molecular flexibility index (Phi) is 7.92. The quantitative estimate of drug-likeness (QED) is 0.714. The number of hydrogen-bond acceptors (Lipinski definition) is 6. The van der Waals surface area contributed by atoms with Crippen molar-refractivity contribution in [1.29, 1.82) is 0 Å². The van der Waals surface area contributed by atoms with Crippen LogP contribution in [0.25, 0.3) is 0 Å². The normalized spacial score (nSPS) is 15.8. The van der Waals surface area contributed by atoms with Gasteiger partial charge in [0, 0.05) is 50.1 Å². The zero-order valence-corrected chi connectivity index (χ0v) is 17.2. The summed E-state index contributed by atoms with van der Waals surface area (Å²) in [5.74, 6) is 1.12. The molecule has 1 aromatic carbocycles. The van der Waals surface area contributed by atoms with Crippen LogP contribution < -0.4 is 25.4 Å². The van der Waals surface area contributed by atoms with E-state index in [9.17, 15) is 9.59 Å². The van der Waals surface area contributed by atoms with Gasteiger partial charge < -0.3 is 30.3 Å². The highest BCUT2D eigenvalue weighted by Gasteiger charge is 2.22. The number of nitrogens with two attached hydrogens (primary N) is 1. The first-order valence-electron chi connectivity index (χ1n) is 9.64. The Hall–Kier alpha value is -2.48. The van der Waals surface area contributed by atoms with Crippen molar-refractivity contribution >= 4 is 17.5 Å². The third-order valence-electron chi connectivity index (χ3n) is 4.98. The van der Waals surface area contributed by atoms with E-state index in [1.54, 1.807) is 19.1 Å². The lowest BCUT2D eigenvalue weighted by Gasteiger charge is -2.25. The first-order valence-corrected chi connectivity index (χ1v) is 9.64. The molecule has 0 bridgehead atoms. The van der Waals surface area contributed by atoms with Gasteiger partial charge in [-0.1, -0.05) is 13.8 Å². The Balaban J connectivity index is 1.94. The average molecular weight is 393 g/mol. The molecule has 1 aliphatic rings. The third kappa shape index (κ3) is 5.76. The molecule has 28 heavy (non-hydrogen) atoms. The molecule has 2 rings (SSSR count). The van der Waals surface area contributed by atoms with Crippen molar-refractivity contribution < 1.29 is 19.1 Å². The zero-order chi connectivity index (χ0) is 20.7. The van der Waals surface area contributed by atoms with E-state index in [0.29, 0.717) is 19.6 Å². The summed E-state index contributed by atoms with van der Waals surface area (Å²) in [6.07, 6.45) is 0.838. The lowest BCUT2D eigenvalue weighted by atomic mass is 10.1. The van der Waals surface area contributed by atoms with E-state index >= 15 is 0 Å². The van der Waals surface area contributed by atoms with Gasteiger partial charge in [-0.25, -0.2) is 0 Å². The first kappa shape index (κ1) is 21.8. The van der Waals surface area contributed by atoms with Gasteiger partial charge in [0.1, 0.15) is 11.5 Å².